The van der Waals surface area contributed by atoms with E-state index in [0.29, 0.717) is 0 Å². The van der Waals surface area contributed by atoms with Gasteiger partial charge in [0.2, 0.25) is 23.6 Å². The summed E-state index contributed by atoms with van der Waals surface area (Å²) in [4.78, 5) is 55.1. The highest BCUT2D eigenvalue weighted by Crippen LogP contribution is 1.71. The van der Waals surface area contributed by atoms with E-state index in [1.54, 1.807) is 0 Å². The highest BCUT2D eigenvalue weighted by Gasteiger charge is 2.08. The fourth-order valence-electron chi connectivity index (χ4n) is 1.02. The summed E-state index contributed by atoms with van der Waals surface area (Å²) < 4.78 is 0. The van der Waals surface area contributed by atoms with Crippen molar-refractivity contribution in [3.63, 3.8) is 0 Å². The number of nitrogens with two attached hydrogens (primary N) is 1. The quantitative estimate of drug-likeness (QED) is 0.321. The van der Waals surface area contributed by atoms with Crippen LogP contribution in [0, 0.1) is 0 Å². The Balaban J connectivity index is -0.00000112. The SMILES string of the molecule is CC.CC.CC(=O)CNC(=O)CNC(=O)CNC(=O)CNC(=O)CN. The van der Waals surface area contributed by atoms with Crippen molar-refractivity contribution in [3.05, 3.63) is 0 Å². The summed E-state index contributed by atoms with van der Waals surface area (Å²) in [6, 6.07) is 0. The van der Waals surface area contributed by atoms with Crippen LogP contribution in [0.2, 0.25) is 0 Å². The van der Waals surface area contributed by atoms with E-state index in [0.717, 1.165) is 0 Å². The van der Waals surface area contributed by atoms with Gasteiger partial charge in [-0.05, 0) is 6.92 Å². The molecule has 0 rings (SSSR count). The van der Waals surface area contributed by atoms with Crippen molar-refractivity contribution in [2.24, 2.45) is 5.73 Å². The third kappa shape index (κ3) is 21.5. The Morgan fingerprint density at radius 2 is 0.880 bits per heavy atom. The Morgan fingerprint density at radius 1 is 0.600 bits per heavy atom. The van der Waals surface area contributed by atoms with Crippen LogP contribution < -0.4 is 27.0 Å². The maximum absolute atomic E-state index is 11.3. The average Bonchev–Trinajstić information content (AvgIpc) is 2.64. The van der Waals surface area contributed by atoms with E-state index in [4.69, 9.17) is 5.73 Å². The molecular weight excluding hydrogens is 330 g/mol. The second-order valence-corrected chi connectivity index (χ2v) is 4.01. The van der Waals surface area contributed by atoms with Crippen LogP contribution in [0.15, 0.2) is 0 Å². The Bertz CT molecular complexity index is 427. The molecule has 0 atom stereocenters. The van der Waals surface area contributed by atoms with Crippen molar-refractivity contribution >= 4 is 29.4 Å². The Morgan fingerprint density at radius 3 is 1.16 bits per heavy atom. The van der Waals surface area contributed by atoms with Gasteiger partial charge in [-0.1, -0.05) is 27.7 Å². The van der Waals surface area contributed by atoms with E-state index >= 15 is 0 Å². The van der Waals surface area contributed by atoms with Crippen molar-refractivity contribution in [3.8, 4) is 0 Å². The molecule has 0 spiro atoms. The van der Waals surface area contributed by atoms with Crippen LogP contribution >= 0.6 is 0 Å². The zero-order valence-corrected chi connectivity index (χ0v) is 15.7. The maximum atomic E-state index is 11.3. The fraction of sp³-hybridized carbons (Fsp3) is 0.667. The van der Waals surface area contributed by atoms with Crippen LogP contribution in [0.4, 0.5) is 0 Å². The van der Waals surface area contributed by atoms with Crippen molar-refractivity contribution < 1.29 is 24.0 Å². The summed E-state index contributed by atoms with van der Waals surface area (Å²) in [6.45, 7) is 8.05. The lowest BCUT2D eigenvalue weighted by molar-refractivity contribution is -0.128. The molecule has 10 nitrogen and oxygen atoms in total. The molecule has 146 valence electrons. The summed E-state index contributed by atoms with van der Waals surface area (Å²) in [5, 5.41) is 9.02. The van der Waals surface area contributed by atoms with Crippen LogP contribution in [0.5, 0.6) is 0 Å². The van der Waals surface area contributed by atoms with Gasteiger partial charge in [-0.3, -0.25) is 24.0 Å². The van der Waals surface area contributed by atoms with Crippen LogP contribution in [-0.2, 0) is 24.0 Å². The number of carbonyl (C=O) groups excluding carboxylic acids is 5. The van der Waals surface area contributed by atoms with Gasteiger partial charge in [-0.25, -0.2) is 0 Å². The average molecular weight is 361 g/mol. The van der Waals surface area contributed by atoms with E-state index < -0.39 is 23.6 Å². The van der Waals surface area contributed by atoms with Crippen LogP contribution in [0.25, 0.3) is 0 Å². The number of Topliss-reactive ketones (excluding diaryl/α,β-unsaturated/α-hetero) is 1. The van der Waals surface area contributed by atoms with Gasteiger partial charge >= 0.3 is 0 Å². The highest BCUT2D eigenvalue weighted by molar-refractivity contribution is 5.91. The monoisotopic (exact) mass is 361 g/mol. The van der Waals surface area contributed by atoms with Gasteiger partial charge in [0, 0.05) is 0 Å². The van der Waals surface area contributed by atoms with Gasteiger partial charge in [0.1, 0.15) is 5.78 Å². The number of ketones is 1. The lowest BCUT2D eigenvalue weighted by Crippen LogP contribution is -2.45. The summed E-state index contributed by atoms with van der Waals surface area (Å²) in [7, 11) is 0. The van der Waals surface area contributed by atoms with Gasteiger partial charge in [0.15, 0.2) is 0 Å². The zero-order chi connectivity index (χ0) is 20.3. The van der Waals surface area contributed by atoms with Crippen LogP contribution in [0.1, 0.15) is 34.6 Å². The van der Waals surface area contributed by atoms with E-state index in [1.807, 2.05) is 27.7 Å². The molecule has 6 N–H and O–H groups in total. The molecule has 0 aliphatic heterocycles. The molecule has 0 aromatic heterocycles. The largest absolute Gasteiger partial charge is 0.348 e. The standard InChI is InChI=1S/C11H19N5O5.2C2H6/c1-7(17)3-13-9(19)5-15-11(21)6-16-10(20)4-14-8(18)2-12;2*1-2/h2-6,12H2,1H3,(H,13,19)(H,14,18)(H,15,21)(H,16,20);2*1-2H3. The van der Waals surface area contributed by atoms with Crippen LogP contribution in [-0.4, -0.2) is 62.1 Å². The van der Waals surface area contributed by atoms with Gasteiger partial charge in [-0.2, -0.15) is 0 Å². The molecule has 10 heteroatoms. The normalized spacial score (nSPS) is 8.40. The first-order valence-electron chi connectivity index (χ1n) is 8.11. The molecule has 0 saturated heterocycles. The number of rotatable bonds is 9. The number of nitrogens with one attached hydrogen (secondary N) is 4. The second-order valence-electron chi connectivity index (χ2n) is 4.01. The minimum Gasteiger partial charge on any atom is -0.348 e. The molecule has 4 amide bonds. The number of amides is 4. The Labute approximate surface area is 148 Å². The zero-order valence-electron chi connectivity index (χ0n) is 15.7. The molecule has 0 heterocycles. The highest BCUT2D eigenvalue weighted by atomic mass is 16.2. The maximum Gasteiger partial charge on any atom is 0.239 e. The van der Waals surface area contributed by atoms with Crippen molar-refractivity contribution in [1.29, 1.82) is 0 Å². The Hall–Kier alpha value is -2.49. The van der Waals surface area contributed by atoms with Gasteiger partial charge in [0.25, 0.3) is 0 Å². The Kier molecular flexibility index (Phi) is 21.4. The van der Waals surface area contributed by atoms with E-state index in [2.05, 4.69) is 21.3 Å². The lowest BCUT2D eigenvalue weighted by Gasteiger charge is -2.07. The van der Waals surface area contributed by atoms with E-state index in [-0.39, 0.29) is 38.5 Å². The third-order valence-electron chi connectivity index (χ3n) is 2.06. The minimum atomic E-state index is -0.577. The summed E-state index contributed by atoms with van der Waals surface area (Å²) >= 11 is 0. The molecule has 0 saturated carbocycles. The molecule has 0 radical (unpaired) electrons. The number of carbonyl (C=O) groups is 5. The predicted octanol–water partition coefficient (Wildman–Crippen LogP) is -1.95. The third-order valence-corrected chi connectivity index (χ3v) is 2.06. The van der Waals surface area contributed by atoms with Gasteiger partial charge in [0.05, 0.1) is 32.7 Å². The summed E-state index contributed by atoms with van der Waals surface area (Å²) in [5.41, 5.74) is 5.02. The molecular formula is C15H31N5O5. The van der Waals surface area contributed by atoms with Crippen molar-refractivity contribution in [2.75, 3.05) is 32.7 Å². The number of hydrogen-bond acceptors (Lipinski definition) is 6. The first-order valence-corrected chi connectivity index (χ1v) is 8.11. The molecule has 0 aliphatic carbocycles. The summed E-state index contributed by atoms with van der Waals surface area (Å²) in [6.07, 6.45) is 0. The molecule has 0 fully saturated rings. The van der Waals surface area contributed by atoms with E-state index in [9.17, 15) is 24.0 Å². The number of hydrogen-bond donors (Lipinski definition) is 5. The van der Waals surface area contributed by atoms with Crippen LogP contribution in [0.3, 0.4) is 0 Å². The molecule has 0 bridgehead atoms. The lowest BCUT2D eigenvalue weighted by atomic mass is 10.4. The molecule has 0 aromatic rings. The van der Waals surface area contributed by atoms with Gasteiger partial charge in [-0.15, -0.1) is 0 Å². The van der Waals surface area contributed by atoms with E-state index in [1.165, 1.54) is 6.92 Å². The second kappa shape index (κ2) is 19.6. The topological polar surface area (TPSA) is 159 Å². The smallest absolute Gasteiger partial charge is 0.239 e. The molecule has 25 heavy (non-hydrogen) atoms. The van der Waals surface area contributed by atoms with Crippen molar-refractivity contribution in [1.82, 2.24) is 21.3 Å². The molecule has 0 aromatic carbocycles. The summed E-state index contributed by atoms with van der Waals surface area (Å²) in [5.74, 6) is -2.35. The van der Waals surface area contributed by atoms with Gasteiger partial charge < -0.3 is 27.0 Å². The minimum absolute atomic E-state index is 0.105. The van der Waals surface area contributed by atoms with Crippen molar-refractivity contribution in [2.45, 2.75) is 34.6 Å². The first kappa shape index (κ1) is 27.4. The predicted molar refractivity (Wildman–Crippen MR) is 94.5 cm³/mol. The molecule has 0 aliphatic rings. The molecule has 0 unspecified atom stereocenters. The fourth-order valence-corrected chi connectivity index (χ4v) is 1.02. The first-order chi connectivity index (χ1) is 11.8.